The predicted octanol–water partition coefficient (Wildman–Crippen LogP) is 3.59. The van der Waals surface area contributed by atoms with Crippen molar-refractivity contribution >= 4 is 33.2 Å². The van der Waals surface area contributed by atoms with Crippen LogP contribution in [0.25, 0.3) is 0 Å². The number of hydrogen-bond acceptors (Lipinski definition) is 3. The first-order valence-electron chi connectivity index (χ1n) is 4.24. The summed E-state index contributed by atoms with van der Waals surface area (Å²) >= 11 is 4.93. The maximum atomic E-state index is 11.3. The minimum Gasteiger partial charge on any atom is -0.465 e. The molecule has 14 heavy (non-hydrogen) atoms. The topological polar surface area (TPSA) is 26.3 Å². The average molecular weight is 277 g/mol. The Hall–Kier alpha value is -0.350. The second-order valence-electron chi connectivity index (χ2n) is 4.03. The molecule has 1 rings (SSSR count). The normalized spacial score (nSPS) is 11.5. The first-order valence-corrected chi connectivity index (χ1v) is 5.85. The Morgan fingerprint density at radius 1 is 1.50 bits per heavy atom. The zero-order valence-electron chi connectivity index (χ0n) is 8.68. The Morgan fingerprint density at radius 3 is 2.43 bits per heavy atom. The number of thiophene rings is 1. The van der Waals surface area contributed by atoms with Crippen molar-refractivity contribution in [2.75, 3.05) is 7.11 Å². The fourth-order valence-electron chi connectivity index (χ4n) is 1.08. The fraction of sp³-hybridized carbons (Fsp3) is 0.500. The summed E-state index contributed by atoms with van der Waals surface area (Å²) in [6.07, 6.45) is 0. The molecule has 2 nitrogen and oxygen atoms in total. The minimum atomic E-state index is -0.272. The smallest absolute Gasteiger partial charge is 0.348 e. The van der Waals surface area contributed by atoms with Gasteiger partial charge in [-0.2, -0.15) is 0 Å². The third kappa shape index (κ3) is 2.36. The SMILES string of the molecule is COC(=O)c1cc(Br)c(C(C)(C)C)s1. The van der Waals surface area contributed by atoms with Crippen LogP contribution in [0.2, 0.25) is 0 Å². The lowest BCUT2D eigenvalue weighted by Gasteiger charge is -2.16. The average Bonchev–Trinajstić information content (AvgIpc) is 2.45. The van der Waals surface area contributed by atoms with Gasteiger partial charge < -0.3 is 4.74 Å². The predicted molar refractivity (Wildman–Crippen MR) is 62.1 cm³/mol. The maximum Gasteiger partial charge on any atom is 0.348 e. The van der Waals surface area contributed by atoms with E-state index in [0.717, 1.165) is 9.35 Å². The summed E-state index contributed by atoms with van der Waals surface area (Å²) in [4.78, 5) is 13.1. The van der Waals surface area contributed by atoms with Crippen LogP contribution in [-0.4, -0.2) is 13.1 Å². The van der Waals surface area contributed by atoms with Gasteiger partial charge >= 0.3 is 5.97 Å². The van der Waals surface area contributed by atoms with Gasteiger partial charge in [-0.25, -0.2) is 4.79 Å². The van der Waals surface area contributed by atoms with Gasteiger partial charge in [0.1, 0.15) is 4.88 Å². The van der Waals surface area contributed by atoms with Gasteiger partial charge in [0.25, 0.3) is 0 Å². The van der Waals surface area contributed by atoms with E-state index in [1.807, 2.05) is 6.07 Å². The molecule has 0 amide bonds. The highest BCUT2D eigenvalue weighted by molar-refractivity contribution is 9.10. The molecule has 0 bridgehead atoms. The minimum absolute atomic E-state index is 0.0514. The van der Waals surface area contributed by atoms with Crippen molar-refractivity contribution in [3.05, 3.63) is 20.3 Å². The Labute approximate surface area is 96.4 Å². The number of carbonyl (C=O) groups excluding carboxylic acids is 1. The van der Waals surface area contributed by atoms with Crippen LogP contribution in [0.4, 0.5) is 0 Å². The number of halogens is 1. The van der Waals surface area contributed by atoms with Gasteiger partial charge in [0.05, 0.1) is 7.11 Å². The molecule has 0 aliphatic rings. The van der Waals surface area contributed by atoms with Crippen molar-refractivity contribution in [3.63, 3.8) is 0 Å². The number of rotatable bonds is 1. The lowest BCUT2D eigenvalue weighted by Crippen LogP contribution is -2.08. The molecule has 0 radical (unpaired) electrons. The molecule has 1 aromatic rings. The highest BCUT2D eigenvalue weighted by Gasteiger charge is 2.22. The lowest BCUT2D eigenvalue weighted by molar-refractivity contribution is 0.0606. The van der Waals surface area contributed by atoms with Crippen molar-refractivity contribution in [2.45, 2.75) is 26.2 Å². The lowest BCUT2D eigenvalue weighted by atomic mass is 9.95. The van der Waals surface area contributed by atoms with E-state index in [1.165, 1.54) is 18.4 Å². The number of hydrogen-bond donors (Lipinski definition) is 0. The third-order valence-electron chi connectivity index (χ3n) is 1.75. The highest BCUT2D eigenvalue weighted by Crippen LogP contribution is 2.37. The molecule has 4 heteroatoms. The standard InChI is InChI=1S/C10H13BrO2S/c1-10(2,3)8-6(11)5-7(14-8)9(12)13-4/h5H,1-4H3. The summed E-state index contributed by atoms with van der Waals surface area (Å²) in [6, 6.07) is 1.82. The number of esters is 1. The van der Waals surface area contributed by atoms with Gasteiger partial charge in [-0.15, -0.1) is 11.3 Å². The second-order valence-corrected chi connectivity index (χ2v) is 5.94. The van der Waals surface area contributed by atoms with Gasteiger partial charge in [0.2, 0.25) is 0 Å². The van der Waals surface area contributed by atoms with Crippen molar-refractivity contribution in [3.8, 4) is 0 Å². The Bertz CT molecular complexity index is 349. The molecule has 1 heterocycles. The van der Waals surface area contributed by atoms with Gasteiger partial charge in [-0.05, 0) is 27.4 Å². The molecule has 0 N–H and O–H groups in total. The zero-order chi connectivity index (χ0) is 10.9. The Kier molecular flexibility index (Phi) is 3.37. The van der Waals surface area contributed by atoms with E-state index < -0.39 is 0 Å². The van der Waals surface area contributed by atoms with E-state index in [-0.39, 0.29) is 11.4 Å². The Balaban J connectivity index is 3.12. The van der Waals surface area contributed by atoms with Crippen molar-refractivity contribution in [1.82, 2.24) is 0 Å². The first-order chi connectivity index (χ1) is 6.36. The molecule has 0 fully saturated rings. The molecular formula is C10H13BrO2S. The van der Waals surface area contributed by atoms with Gasteiger partial charge in [-0.1, -0.05) is 20.8 Å². The highest BCUT2D eigenvalue weighted by atomic mass is 79.9. The molecule has 78 valence electrons. The monoisotopic (exact) mass is 276 g/mol. The van der Waals surface area contributed by atoms with Crippen LogP contribution in [0.15, 0.2) is 10.5 Å². The summed E-state index contributed by atoms with van der Waals surface area (Å²) in [5.41, 5.74) is 0.0514. The van der Waals surface area contributed by atoms with Crippen LogP contribution in [0.5, 0.6) is 0 Å². The van der Waals surface area contributed by atoms with Gasteiger partial charge in [-0.3, -0.25) is 0 Å². The maximum absolute atomic E-state index is 11.3. The van der Waals surface area contributed by atoms with E-state index in [9.17, 15) is 4.79 Å². The Morgan fingerprint density at radius 2 is 2.07 bits per heavy atom. The van der Waals surface area contributed by atoms with E-state index >= 15 is 0 Å². The molecule has 0 aromatic carbocycles. The van der Waals surface area contributed by atoms with Crippen molar-refractivity contribution in [2.24, 2.45) is 0 Å². The van der Waals surface area contributed by atoms with E-state index in [1.54, 1.807) is 0 Å². The molecule has 0 unspecified atom stereocenters. The van der Waals surface area contributed by atoms with Crippen molar-refractivity contribution < 1.29 is 9.53 Å². The summed E-state index contributed by atoms with van der Waals surface area (Å²) in [5, 5.41) is 0. The van der Waals surface area contributed by atoms with Gasteiger partial charge in [0.15, 0.2) is 0 Å². The number of ether oxygens (including phenoxy) is 1. The molecule has 0 aliphatic heterocycles. The van der Waals surface area contributed by atoms with E-state index in [4.69, 9.17) is 0 Å². The first kappa shape index (κ1) is 11.7. The molecule has 1 aromatic heterocycles. The third-order valence-corrected chi connectivity index (χ3v) is 4.18. The molecule has 0 saturated carbocycles. The summed E-state index contributed by atoms with van der Waals surface area (Å²) < 4.78 is 5.65. The molecule has 0 saturated heterocycles. The van der Waals surface area contributed by atoms with Crippen LogP contribution in [0, 0.1) is 0 Å². The van der Waals surface area contributed by atoms with E-state index in [2.05, 4.69) is 41.4 Å². The number of carbonyl (C=O) groups is 1. The molecule has 0 spiro atoms. The molecule has 0 aliphatic carbocycles. The van der Waals surface area contributed by atoms with Gasteiger partial charge in [0, 0.05) is 9.35 Å². The molecular weight excluding hydrogens is 264 g/mol. The summed E-state index contributed by atoms with van der Waals surface area (Å²) in [5.74, 6) is -0.272. The second kappa shape index (κ2) is 4.03. The van der Waals surface area contributed by atoms with Crippen LogP contribution in [-0.2, 0) is 10.2 Å². The van der Waals surface area contributed by atoms with Crippen LogP contribution in [0.3, 0.4) is 0 Å². The van der Waals surface area contributed by atoms with Crippen LogP contribution >= 0.6 is 27.3 Å². The van der Waals surface area contributed by atoms with Crippen LogP contribution in [0.1, 0.15) is 35.3 Å². The molecule has 0 atom stereocenters. The van der Waals surface area contributed by atoms with E-state index in [0.29, 0.717) is 4.88 Å². The quantitative estimate of drug-likeness (QED) is 0.733. The number of methoxy groups -OCH3 is 1. The largest absolute Gasteiger partial charge is 0.465 e. The fourth-order valence-corrected chi connectivity index (χ4v) is 3.33. The zero-order valence-corrected chi connectivity index (χ0v) is 11.1. The summed E-state index contributed by atoms with van der Waals surface area (Å²) in [6.45, 7) is 6.35. The summed E-state index contributed by atoms with van der Waals surface area (Å²) in [7, 11) is 1.40. The van der Waals surface area contributed by atoms with Crippen molar-refractivity contribution in [1.29, 1.82) is 0 Å². The van der Waals surface area contributed by atoms with Crippen LogP contribution < -0.4 is 0 Å².